The van der Waals surface area contributed by atoms with Crippen LogP contribution >= 0.6 is 28.7 Å². The van der Waals surface area contributed by atoms with Gasteiger partial charge in [-0.15, -0.1) is 28.7 Å². The Morgan fingerprint density at radius 2 is 1.49 bits per heavy atom. The van der Waals surface area contributed by atoms with Crippen LogP contribution in [0.5, 0.6) is 5.75 Å². The van der Waals surface area contributed by atoms with E-state index in [9.17, 15) is 4.79 Å². The van der Waals surface area contributed by atoms with Crippen molar-refractivity contribution in [3.05, 3.63) is 70.8 Å². The van der Waals surface area contributed by atoms with Gasteiger partial charge in [0.2, 0.25) is 5.91 Å². The molecule has 2 aromatic carbocycles. The largest absolute Gasteiger partial charge is 0.494 e. The zero-order valence-electron chi connectivity index (χ0n) is 25.7. The highest BCUT2D eigenvalue weighted by Gasteiger charge is 2.16. The van der Waals surface area contributed by atoms with E-state index < -0.39 is 0 Å². The summed E-state index contributed by atoms with van der Waals surface area (Å²) in [6.07, 6.45) is 18.9. The van der Waals surface area contributed by atoms with E-state index in [0.29, 0.717) is 13.0 Å². The summed E-state index contributed by atoms with van der Waals surface area (Å²) in [7, 11) is 0. The normalized spacial score (nSPS) is 12.7. The molecule has 1 amide bonds. The SMILES string of the molecule is Br.CCCCCCCCCCCCCCOc1ccc(CN(C(=O)CC)c2cccc(CN3C=C(C)SC3)c2)cc1. The Kier molecular flexibility index (Phi) is 18.0. The molecule has 0 unspecified atom stereocenters. The molecule has 0 saturated carbocycles. The van der Waals surface area contributed by atoms with Crippen molar-refractivity contribution in [3.63, 3.8) is 0 Å². The lowest BCUT2D eigenvalue weighted by atomic mass is 10.1. The van der Waals surface area contributed by atoms with Crippen LogP contribution in [0.2, 0.25) is 0 Å². The number of benzene rings is 2. The van der Waals surface area contributed by atoms with Crippen molar-refractivity contribution in [2.24, 2.45) is 0 Å². The molecular formula is C35H53BrN2O2S. The highest BCUT2D eigenvalue weighted by atomic mass is 79.9. The number of carbonyl (C=O) groups excluding carboxylic acids is 1. The molecule has 0 bridgehead atoms. The standard InChI is InChI=1S/C35H52N2O2S.BrH/c1-4-6-7-8-9-10-11-12-13-14-15-16-24-39-34-22-20-31(21-23-34)28-37(35(38)5-2)33-19-17-18-32(25-33)27-36-26-30(3)40-29-36;/h17-23,25-26H,4-16,24,27-29H2,1-3H3;1H. The van der Waals surface area contributed by atoms with Gasteiger partial charge in [0.1, 0.15) is 5.75 Å². The van der Waals surface area contributed by atoms with Gasteiger partial charge >= 0.3 is 0 Å². The molecule has 0 saturated heterocycles. The summed E-state index contributed by atoms with van der Waals surface area (Å²) in [5, 5.41) is 0. The van der Waals surface area contributed by atoms with E-state index >= 15 is 0 Å². The Balaban J connectivity index is 0.00000588. The van der Waals surface area contributed by atoms with Gasteiger partial charge in [-0.05, 0) is 53.6 Å². The Labute approximate surface area is 265 Å². The lowest BCUT2D eigenvalue weighted by molar-refractivity contribution is -0.118. The molecule has 41 heavy (non-hydrogen) atoms. The van der Waals surface area contributed by atoms with Crippen molar-refractivity contribution >= 4 is 40.3 Å². The number of thioether (sulfide) groups is 1. The first-order valence-corrected chi connectivity index (χ1v) is 16.7. The van der Waals surface area contributed by atoms with Crippen molar-refractivity contribution in [2.45, 2.75) is 117 Å². The zero-order valence-corrected chi connectivity index (χ0v) is 28.3. The van der Waals surface area contributed by atoms with E-state index in [1.54, 1.807) is 0 Å². The molecule has 0 radical (unpaired) electrons. The van der Waals surface area contributed by atoms with E-state index in [0.717, 1.165) is 42.4 Å². The first-order chi connectivity index (χ1) is 19.6. The monoisotopic (exact) mass is 644 g/mol. The van der Waals surface area contributed by atoms with Crippen LogP contribution in [0.4, 0.5) is 5.69 Å². The maximum absolute atomic E-state index is 12.9. The fourth-order valence-electron chi connectivity index (χ4n) is 5.19. The van der Waals surface area contributed by atoms with Crippen LogP contribution in [0.1, 0.15) is 115 Å². The second-order valence-corrected chi connectivity index (χ2v) is 12.3. The second-order valence-electron chi connectivity index (χ2n) is 11.1. The lowest BCUT2D eigenvalue weighted by Gasteiger charge is -2.24. The van der Waals surface area contributed by atoms with E-state index in [1.165, 1.54) is 81.1 Å². The predicted molar refractivity (Wildman–Crippen MR) is 183 cm³/mol. The van der Waals surface area contributed by atoms with Gasteiger partial charge in [0.15, 0.2) is 0 Å². The van der Waals surface area contributed by atoms with Gasteiger partial charge in [-0.25, -0.2) is 0 Å². The maximum atomic E-state index is 12.9. The smallest absolute Gasteiger partial charge is 0.227 e. The lowest BCUT2D eigenvalue weighted by Crippen LogP contribution is -2.29. The van der Waals surface area contributed by atoms with Crippen LogP contribution in [0.3, 0.4) is 0 Å². The number of carbonyl (C=O) groups is 1. The molecule has 0 atom stereocenters. The van der Waals surface area contributed by atoms with Crippen LogP contribution in [-0.2, 0) is 17.9 Å². The van der Waals surface area contributed by atoms with Crippen molar-refractivity contribution in [2.75, 3.05) is 17.4 Å². The number of unbranched alkanes of at least 4 members (excludes halogenated alkanes) is 11. The van der Waals surface area contributed by atoms with Crippen LogP contribution in [0.25, 0.3) is 0 Å². The number of ether oxygens (including phenoxy) is 1. The first-order valence-electron chi connectivity index (χ1n) is 15.8. The van der Waals surface area contributed by atoms with Gasteiger partial charge in [-0.3, -0.25) is 4.79 Å². The number of halogens is 1. The molecule has 3 rings (SSSR count). The highest BCUT2D eigenvalue weighted by Crippen LogP contribution is 2.27. The molecule has 1 heterocycles. The van der Waals surface area contributed by atoms with Gasteiger partial charge in [-0.1, -0.05) is 109 Å². The minimum absolute atomic E-state index is 0. The summed E-state index contributed by atoms with van der Waals surface area (Å²) >= 11 is 1.87. The van der Waals surface area contributed by atoms with Crippen LogP contribution < -0.4 is 9.64 Å². The van der Waals surface area contributed by atoms with E-state index in [1.807, 2.05) is 41.8 Å². The molecule has 0 aromatic heterocycles. The molecular weight excluding hydrogens is 592 g/mol. The second kappa shape index (κ2) is 20.9. The van der Waals surface area contributed by atoms with Gasteiger partial charge < -0.3 is 14.5 Å². The Morgan fingerprint density at radius 3 is 2.07 bits per heavy atom. The Bertz CT molecular complexity index is 1030. The number of allylic oxidation sites excluding steroid dienone is 1. The number of hydrogen-bond acceptors (Lipinski definition) is 4. The summed E-state index contributed by atoms with van der Waals surface area (Å²) in [5.74, 6) is 2.03. The van der Waals surface area contributed by atoms with Crippen molar-refractivity contribution in [1.29, 1.82) is 0 Å². The topological polar surface area (TPSA) is 32.8 Å². The molecule has 0 spiro atoms. The molecule has 1 aliphatic rings. The number of nitrogens with zero attached hydrogens (tertiary/aromatic N) is 2. The average molecular weight is 646 g/mol. The van der Waals surface area contributed by atoms with Crippen molar-refractivity contribution in [1.82, 2.24) is 4.90 Å². The minimum atomic E-state index is 0. The first kappa shape index (κ1) is 35.3. The van der Waals surface area contributed by atoms with E-state index in [2.05, 4.69) is 55.3 Å². The van der Waals surface area contributed by atoms with Gasteiger partial charge in [-0.2, -0.15) is 0 Å². The summed E-state index contributed by atoms with van der Waals surface area (Å²) < 4.78 is 6.01. The number of amides is 1. The molecule has 2 aromatic rings. The van der Waals surface area contributed by atoms with Gasteiger partial charge in [0.05, 0.1) is 19.0 Å². The van der Waals surface area contributed by atoms with Crippen LogP contribution in [-0.4, -0.2) is 23.3 Å². The average Bonchev–Trinajstić information content (AvgIpc) is 3.38. The molecule has 228 valence electrons. The highest BCUT2D eigenvalue weighted by molar-refractivity contribution is 8.93. The predicted octanol–water partition coefficient (Wildman–Crippen LogP) is 10.7. The van der Waals surface area contributed by atoms with Crippen LogP contribution in [0, 0.1) is 0 Å². The Morgan fingerprint density at radius 1 is 0.854 bits per heavy atom. The van der Waals surface area contributed by atoms with Crippen LogP contribution in [0.15, 0.2) is 59.6 Å². The number of rotatable bonds is 20. The fraction of sp³-hybridized carbons (Fsp3) is 0.571. The maximum Gasteiger partial charge on any atom is 0.227 e. The quantitative estimate of drug-likeness (QED) is 0.134. The molecule has 6 heteroatoms. The minimum Gasteiger partial charge on any atom is -0.494 e. The number of anilines is 1. The Hall–Kier alpha value is -1.92. The zero-order chi connectivity index (χ0) is 28.4. The summed E-state index contributed by atoms with van der Waals surface area (Å²) in [6, 6.07) is 16.7. The third-order valence-corrected chi connectivity index (χ3v) is 8.59. The van der Waals surface area contributed by atoms with Crippen molar-refractivity contribution < 1.29 is 9.53 Å². The molecule has 0 N–H and O–H groups in total. The molecule has 4 nitrogen and oxygen atoms in total. The van der Waals surface area contributed by atoms with E-state index in [-0.39, 0.29) is 22.9 Å². The summed E-state index contributed by atoms with van der Waals surface area (Å²) in [5.41, 5.74) is 3.29. The van der Waals surface area contributed by atoms with Gasteiger partial charge in [0.25, 0.3) is 0 Å². The molecule has 1 aliphatic heterocycles. The third kappa shape index (κ3) is 13.7. The molecule has 0 fully saturated rings. The molecule has 0 aliphatic carbocycles. The van der Waals surface area contributed by atoms with Gasteiger partial charge in [0, 0.05) is 24.9 Å². The van der Waals surface area contributed by atoms with Crippen molar-refractivity contribution in [3.8, 4) is 5.75 Å². The summed E-state index contributed by atoms with van der Waals surface area (Å²) in [6.45, 7) is 8.56. The van der Waals surface area contributed by atoms with E-state index in [4.69, 9.17) is 4.74 Å². The summed E-state index contributed by atoms with van der Waals surface area (Å²) in [4.78, 5) is 18.5. The number of hydrogen-bond donors (Lipinski definition) is 0. The fourth-order valence-corrected chi connectivity index (χ4v) is 5.94. The third-order valence-electron chi connectivity index (χ3n) is 7.56.